The minimum Gasteiger partial charge on any atom is -0.507 e. The average molecular weight is 762 g/mol. The van der Waals surface area contributed by atoms with Gasteiger partial charge in [0.05, 0.1) is 18.3 Å². The molecule has 4 N–H and O–H groups in total. The summed E-state index contributed by atoms with van der Waals surface area (Å²) in [5, 5.41) is 14.8. The van der Waals surface area contributed by atoms with Crippen LogP contribution >= 0.6 is 0 Å². The minimum atomic E-state index is -0.427. The van der Waals surface area contributed by atoms with Gasteiger partial charge in [-0.15, -0.1) is 0 Å². The summed E-state index contributed by atoms with van der Waals surface area (Å²) in [6.07, 6.45) is 14.4. The van der Waals surface area contributed by atoms with Gasteiger partial charge in [-0.05, 0) is 101 Å². The van der Waals surface area contributed by atoms with E-state index < -0.39 is 5.92 Å². The number of hydrazine groups is 1. The summed E-state index contributed by atoms with van der Waals surface area (Å²) < 4.78 is 11.0. The fourth-order valence-corrected chi connectivity index (χ4v) is 10.2. The second-order valence-electron chi connectivity index (χ2n) is 17.0. The molecule has 5 aliphatic rings. The lowest BCUT2D eigenvalue weighted by atomic mass is 9.67. The number of H-pyrrole nitrogens is 1. The maximum atomic E-state index is 12.6. The molecule has 56 heavy (non-hydrogen) atoms. The van der Waals surface area contributed by atoms with Crippen molar-refractivity contribution >= 4 is 35.3 Å². The lowest BCUT2D eigenvalue weighted by Gasteiger charge is -2.54. The highest BCUT2D eigenvalue weighted by atomic mass is 16.5. The van der Waals surface area contributed by atoms with Crippen LogP contribution in [0.15, 0.2) is 47.2 Å². The zero-order chi connectivity index (χ0) is 38.6. The van der Waals surface area contributed by atoms with Crippen molar-refractivity contribution in [3.8, 4) is 5.75 Å². The number of aromatic amines is 1. The quantitative estimate of drug-likeness (QED) is 0.131. The van der Waals surface area contributed by atoms with E-state index in [1.807, 2.05) is 45.0 Å². The number of nitrogens with one attached hydrogen (secondary N) is 3. The van der Waals surface area contributed by atoms with Crippen LogP contribution in [0.2, 0.25) is 0 Å². The number of phenolic OH excluding ortho intramolecular Hbond substituents is 1. The second kappa shape index (κ2) is 14.8. The number of aromatic nitrogens is 4. The van der Waals surface area contributed by atoms with Gasteiger partial charge in [0.2, 0.25) is 5.95 Å². The number of ether oxygens (including phenoxy) is 1. The van der Waals surface area contributed by atoms with Crippen LogP contribution in [-0.4, -0.2) is 81.5 Å². The van der Waals surface area contributed by atoms with E-state index in [4.69, 9.17) is 19.2 Å². The molecule has 13 heteroatoms. The van der Waals surface area contributed by atoms with E-state index in [2.05, 4.69) is 61.1 Å². The summed E-state index contributed by atoms with van der Waals surface area (Å²) in [5.74, 6) is 3.30. The van der Waals surface area contributed by atoms with Gasteiger partial charge in [0.1, 0.15) is 17.5 Å². The Morgan fingerprint density at radius 3 is 2.52 bits per heavy atom. The third-order valence-corrected chi connectivity index (χ3v) is 13.3. The van der Waals surface area contributed by atoms with E-state index in [-0.39, 0.29) is 23.7 Å². The number of para-hydroxylation sites is 1. The molecule has 296 valence electrons. The number of esters is 1. The highest BCUT2D eigenvalue weighted by Gasteiger charge is 2.47. The number of nitrogens with zero attached hydrogens (tertiary/aromatic N) is 6. The number of piperidine rings is 1. The number of rotatable bonds is 9. The monoisotopic (exact) mass is 761 g/mol. The maximum absolute atomic E-state index is 12.6. The zero-order valence-electron chi connectivity index (χ0n) is 33.1. The standard InChI is InChI=1S/C43H55N9O4/c1-5-55-41(54)38(26(2)3)36-21-37(49-56-36)51-24-43(25-51)15-10-30(11-16-43)50-17-12-28(13-18-50)29-22-44-42(45-23-29)52-19-14-33-39(27(52)4)32-20-34(47-48-40(32)46-33)31-8-6-7-9-35(31)53/h6-9,20-23,26-28,30,38,46-48,53H,5,10-19,24-25H2,1-4H3/t27-,38?/m0/s1. The molecule has 2 saturated heterocycles. The first-order valence-corrected chi connectivity index (χ1v) is 20.7. The van der Waals surface area contributed by atoms with Crippen LogP contribution in [-0.2, 0) is 16.0 Å². The number of aromatic hydroxyl groups is 1. The molecule has 3 fully saturated rings. The molecular weight excluding hydrogens is 707 g/mol. The first-order chi connectivity index (χ1) is 27.2. The number of fused-ring (bicyclic) bond motifs is 3. The first kappa shape index (κ1) is 36.6. The molecule has 1 spiro atoms. The second-order valence-corrected chi connectivity index (χ2v) is 17.0. The largest absolute Gasteiger partial charge is 0.507 e. The number of carbonyl (C=O) groups excluding carboxylic acids is 1. The summed E-state index contributed by atoms with van der Waals surface area (Å²) in [6, 6.07) is 10.1. The highest BCUT2D eigenvalue weighted by Crippen LogP contribution is 2.47. The molecule has 4 aliphatic heterocycles. The molecule has 1 aromatic carbocycles. The van der Waals surface area contributed by atoms with Crippen molar-refractivity contribution in [2.45, 2.75) is 96.6 Å². The molecule has 2 atom stereocenters. The van der Waals surface area contributed by atoms with Gasteiger partial charge in [-0.1, -0.05) is 31.1 Å². The Kier molecular flexibility index (Phi) is 9.67. The molecule has 0 radical (unpaired) electrons. The van der Waals surface area contributed by atoms with E-state index in [0.717, 1.165) is 86.4 Å². The van der Waals surface area contributed by atoms with Crippen molar-refractivity contribution in [1.29, 1.82) is 0 Å². The number of benzene rings is 1. The van der Waals surface area contributed by atoms with Gasteiger partial charge in [-0.3, -0.25) is 15.6 Å². The van der Waals surface area contributed by atoms with Crippen LogP contribution < -0.4 is 20.7 Å². The van der Waals surface area contributed by atoms with Crippen LogP contribution in [0.5, 0.6) is 5.75 Å². The summed E-state index contributed by atoms with van der Waals surface area (Å²) in [5.41, 5.74) is 13.3. The van der Waals surface area contributed by atoms with Crippen molar-refractivity contribution < 1.29 is 19.2 Å². The van der Waals surface area contributed by atoms with Crippen LogP contribution in [0.1, 0.15) is 118 Å². The number of carbonyl (C=O) groups is 1. The van der Waals surface area contributed by atoms with Crippen molar-refractivity contribution in [1.82, 2.24) is 30.4 Å². The van der Waals surface area contributed by atoms with Gasteiger partial charge in [-0.2, -0.15) is 0 Å². The van der Waals surface area contributed by atoms with E-state index >= 15 is 0 Å². The Labute approximate surface area is 328 Å². The molecule has 9 rings (SSSR count). The van der Waals surface area contributed by atoms with Crippen molar-refractivity contribution in [3.63, 3.8) is 0 Å². The molecule has 13 nitrogen and oxygen atoms in total. The van der Waals surface area contributed by atoms with Gasteiger partial charge in [-0.25, -0.2) is 9.97 Å². The number of hydrogen-bond donors (Lipinski definition) is 4. The molecule has 7 heterocycles. The van der Waals surface area contributed by atoms with E-state index in [1.165, 1.54) is 42.5 Å². The Morgan fingerprint density at radius 2 is 1.80 bits per heavy atom. The van der Waals surface area contributed by atoms with E-state index in [0.29, 0.717) is 29.7 Å². The minimum absolute atomic E-state index is 0.0733. The van der Waals surface area contributed by atoms with Gasteiger partial charge in [0.25, 0.3) is 0 Å². The first-order valence-electron chi connectivity index (χ1n) is 20.7. The Bertz CT molecular complexity index is 2070. The number of phenols is 1. The summed E-state index contributed by atoms with van der Waals surface area (Å²) in [4.78, 5) is 33.4. The fraction of sp³-hybridized carbons (Fsp3) is 0.535. The average Bonchev–Trinajstić information content (AvgIpc) is 3.83. The molecule has 4 aromatic rings. The normalized spacial score (nSPS) is 21.8. The molecule has 0 amide bonds. The van der Waals surface area contributed by atoms with Gasteiger partial charge in [0.15, 0.2) is 11.6 Å². The van der Waals surface area contributed by atoms with Crippen LogP contribution in [0.3, 0.4) is 0 Å². The predicted octanol–water partition coefficient (Wildman–Crippen LogP) is 6.98. The maximum Gasteiger partial charge on any atom is 0.317 e. The topological polar surface area (TPSA) is 148 Å². The zero-order valence-corrected chi connectivity index (χ0v) is 33.1. The lowest BCUT2D eigenvalue weighted by molar-refractivity contribution is -0.146. The molecule has 3 aromatic heterocycles. The van der Waals surface area contributed by atoms with Crippen molar-refractivity contribution in [2.75, 3.05) is 54.6 Å². The van der Waals surface area contributed by atoms with Gasteiger partial charge >= 0.3 is 5.97 Å². The molecule has 0 bridgehead atoms. The van der Waals surface area contributed by atoms with E-state index in [1.54, 1.807) is 6.07 Å². The summed E-state index contributed by atoms with van der Waals surface area (Å²) in [7, 11) is 0. The fourth-order valence-electron chi connectivity index (χ4n) is 10.2. The Hall–Kier alpha value is -5.04. The van der Waals surface area contributed by atoms with Crippen molar-refractivity contribution in [2.24, 2.45) is 11.3 Å². The van der Waals surface area contributed by atoms with Crippen LogP contribution in [0, 0.1) is 11.3 Å². The number of likely N-dealkylation sites (tertiary alicyclic amines) is 1. The van der Waals surface area contributed by atoms with Gasteiger partial charge in [0, 0.05) is 78.4 Å². The van der Waals surface area contributed by atoms with Gasteiger partial charge < -0.3 is 34.1 Å². The summed E-state index contributed by atoms with van der Waals surface area (Å²) in [6.45, 7) is 13.5. The molecule has 1 unspecified atom stereocenters. The Balaban J connectivity index is 0.769. The van der Waals surface area contributed by atoms with E-state index in [9.17, 15) is 9.90 Å². The number of hydrogen-bond acceptors (Lipinski definition) is 12. The Morgan fingerprint density at radius 1 is 1.05 bits per heavy atom. The lowest BCUT2D eigenvalue weighted by Crippen LogP contribution is -2.59. The smallest absolute Gasteiger partial charge is 0.317 e. The number of anilines is 3. The summed E-state index contributed by atoms with van der Waals surface area (Å²) >= 11 is 0. The van der Waals surface area contributed by atoms with Crippen LogP contribution in [0.4, 0.5) is 17.6 Å². The molecule has 1 saturated carbocycles. The SMILES string of the molecule is CCOC(=O)C(c1cc(N2CC3(CCC(N4CCC(c5cnc(N6CCc7[nH]c8c(c7[C@@H]6C)C=C(c6ccccc6O)NN8)nc5)CC4)CC3)C2)no1)C(C)C. The molecular formula is C43H55N9O4. The van der Waals surface area contributed by atoms with Crippen LogP contribution in [0.25, 0.3) is 11.8 Å². The highest BCUT2D eigenvalue weighted by molar-refractivity contribution is 5.90. The third-order valence-electron chi connectivity index (χ3n) is 13.3. The molecule has 1 aliphatic carbocycles. The predicted molar refractivity (Wildman–Crippen MR) is 216 cm³/mol. The van der Waals surface area contributed by atoms with Crippen molar-refractivity contribution in [3.05, 3.63) is 76.4 Å². The third kappa shape index (κ3) is 6.67.